The lowest BCUT2D eigenvalue weighted by Gasteiger charge is -2.20. The first-order chi connectivity index (χ1) is 13.2. The van der Waals surface area contributed by atoms with Crippen LogP contribution < -0.4 is 5.32 Å². The molecule has 1 atom stereocenters. The van der Waals surface area contributed by atoms with E-state index in [0.717, 1.165) is 32.1 Å². The molecule has 3 nitrogen and oxygen atoms in total. The smallest absolute Gasteiger partial charge is 0.225 e. The third-order valence-electron chi connectivity index (χ3n) is 4.67. The van der Waals surface area contributed by atoms with Gasteiger partial charge in [-0.3, -0.25) is 4.79 Å². The first-order valence-electron chi connectivity index (χ1n) is 8.85. The summed E-state index contributed by atoms with van der Waals surface area (Å²) >= 11 is 3.47. The number of halogens is 1. The van der Waals surface area contributed by atoms with Crippen molar-refractivity contribution in [3.05, 3.63) is 106 Å². The minimum Gasteiger partial charge on any atom is -0.361 e. The van der Waals surface area contributed by atoms with Crippen LogP contribution >= 0.6 is 15.9 Å². The van der Waals surface area contributed by atoms with Gasteiger partial charge in [0.1, 0.15) is 0 Å². The van der Waals surface area contributed by atoms with E-state index in [2.05, 4.69) is 26.2 Å². The molecule has 4 rings (SSSR count). The number of hydrogen-bond acceptors (Lipinski definition) is 1. The fourth-order valence-corrected chi connectivity index (χ4v) is 3.59. The minimum absolute atomic E-state index is 0.00322. The van der Waals surface area contributed by atoms with Gasteiger partial charge in [0.05, 0.1) is 12.5 Å². The van der Waals surface area contributed by atoms with E-state index in [1.807, 2.05) is 85.1 Å². The maximum atomic E-state index is 12.8. The van der Waals surface area contributed by atoms with Crippen molar-refractivity contribution < 1.29 is 4.79 Å². The molecule has 27 heavy (non-hydrogen) atoms. The van der Waals surface area contributed by atoms with Crippen LogP contribution in [0.1, 0.15) is 22.7 Å². The van der Waals surface area contributed by atoms with E-state index in [0.29, 0.717) is 6.42 Å². The molecule has 2 N–H and O–H groups in total. The summed E-state index contributed by atoms with van der Waals surface area (Å²) in [5.74, 6) is -0.00322. The van der Waals surface area contributed by atoms with Crippen LogP contribution in [0.4, 0.5) is 0 Å². The number of para-hydroxylation sites is 1. The quantitative estimate of drug-likeness (QED) is 0.448. The Morgan fingerprint density at radius 1 is 0.889 bits per heavy atom. The molecule has 4 aromatic rings. The number of H-pyrrole nitrogens is 1. The molecule has 134 valence electrons. The van der Waals surface area contributed by atoms with Gasteiger partial charge < -0.3 is 10.3 Å². The number of hydrogen-bond donors (Lipinski definition) is 2. The van der Waals surface area contributed by atoms with Crippen molar-refractivity contribution in [1.82, 2.24) is 10.3 Å². The van der Waals surface area contributed by atoms with Crippen molar-refractivity contribution in [2.24, 2.45) is 0 Å². The molecular weight excluding hydrogens is 400 g/mol. The second-order valence-electron chi connectivity index (χ2n) is 6.50. The average Bonchev–Trinajstić information content (AvgIpc) is 3.10. The first kappa shape index (κ1) is 17.6. The topological polar surface area (TPSA) is 44.9 Å². The molecule has 0 spiro atoms. The molecule has 0 aliphatic carbocycles. The number of aromatic amines is 1. The zero-order valence-electron chi connectivity index (χ0n) is 14.7. The van der Waals surface area contributed by atoms with Crippen molar-refractivity contribution in [3.63, 3.8) is 0 Å². The van der Waals surface area contributed by atoms with Gasteiger partial charge in [-0.1, -0.05) is 76.6 Å². The summed E-state index contributed by atoms with van der Waals surface area (Å²) in [6.45, 7) is 0. The number of aromatic nitrogens is 1. The van der Waals surface area contributed by atoms with E-state index < -0.39 is 0 Å². The normalized spacial score (nSPS) is 12.0. The summed E-state index contributed by atoms with van der Waals surface area (Å²) in [5, 5.41) is 4.29. The molecule has 4 heteroatoms. The van der Waals surface area contributed by atoms with Crippen molar-refractivity contribution in [2.75, 3.05) is 0 Å². The highest BCUT2D eigenvalue weighted by atomic mass is 79.9. The maximum Gasteiger partial charge on any atom is 0.225 e. The number of fused-ring (bicyclic) bond motifs is 1. The first-order valence-corrected chi connectivity index (χ1v) is 9.65. The Hall–Kier alpha value is -2.85. The van der Waals surface area contributed by atoms with E-state index in [1.165, 1.54) is 0 Å². The zero-order valence-corrected chi connectivity index (χ0v) is 16.2. The van der Waals surface area contributed by atoms with Crippen LogP contribution in [0, 0.1) is 0 Å². The number of carbonyl (C=O) groups excluding carboxylic acids is 1. The lowest BCUT2D eigenvalue weighted by atomic mass is 9.98. The fraction of sp³-hybridized carbons (Fsp3) is 0.0870. The lowest BCUT2D eigenvalue weighted by Crippen LogP contribution is -2.30. The SMILES string of the molecule is O=C(Cc1c[nH]c2ccccc12)NC(c1ccccc1)c1ccc(Br)cc1. The van der Waals surface area contributed by atoms with E-state index in [1.54, 1.807) is 0 Å². The van der Waals surface area contributed by atoms with Gasteiger partial charge in [-0.2, -0.15) is 0 Å². The van der Waals surface area contributed by atoms with Crippen LogP contribution in [0.25, 0.3) is 10.9 Å². The molecule has 3 aromatic carbocycles. The molecule has 0 bridgehead atoms. The van der Waals surface area contributed by atoms with Gasteiger partial charge in [-0.25, -0.2) is 0 Å². The van der Waals surface area contributed by atoms with Crippen LogP contribution in [0.15, 0.2) is 89.5 Å². The van der Waals surface area contributed by atoms with Gasteiger partial charge in [-0.05, 0) is 34.9 Å². The molecule has 1 aromatic heterocycles. The number of benzene rings is 3. The van der Waals surface area contributed by atoms with E-state index in [-0.39, 0.29) is 11.9 Å². The van der Waals surface area contributed by atoms with Crippen LogP contribution in [0.3, 0.4) is 0 Å². The minimum atomic E-state index is -0.183. The number of amides is 1. The number of nitrogens with one attached hydrogen (secondary N) is 2. The largest absolute Gasteiger partial charge is 0.361 e. The summed E-state index contributed by atoms with van der Waals surface area (Å²) in [5.41, 5.74) is 4.17. The van der Waals surface area contributed by atoms with Gasteiger partial charge in [0, 0.05) is 21.6 Å². The zero-order chi connectivity index (χ0) is 18.6. The molecule has 1 amide bonds. The van der Waals surface area contributed by atoms with Crippen LogP contribution in [-0.4, -0.2) is 10.9 Å². The molecule has 0 saturated heterocycles. The van der Waals surface area contributed by atoms with E-state index in [4.69, 9.17) is 0 Å². The highest BCUT2D eigenvalue weighted by molar-refractivity contribution is 9.10. The predicted molar refractivity (Wildman–Crippen MR) is 113 cm³/mol. The molecule has 0 saturated carbocycles. The number of rotatable bonds is 5. The Balaban J connectivity index is 1.59. The van der Waals surface area contributed by atoms with Crippen molar-refractivity contribution >= 4 is 32.7 Å². The molecule has 0 fully saturated rings. The Labute approximate surface area is 166 Å². The van der Waals surface area contributed by atoms with Crippen molar-refractivity contribution in [1.29, 1.82) is 0 Å². The van der Waals surface area contributed by atoms with Gasteiger partial charge in [-0.15, -0.1) is 0 Å². The summed E-state index contributed by atoms with van der Waals surface area (Å²) in [4.78, 5) is 16.1. The summed E-state index contributed by atoms with van der Waals surface area (Å²) < 4.78 is 1.02. The summed E-state index contributed by atoms with van der Waals surface area (Å²) in [7, 11) is 0. The monoisotopic (exact) mass is 418 g/mol. The highest BCUT2D eigenvalue weighted by Gasteiger charge is 2.18. The third-order valence-corrected chi connectivity index (χ3v) is 5.20. The highest BCUT2D eigenvalue weighted by Crippen LogP contribution is 2.24. The second kappa shape index (κ2) is 7.80. The molecule has 1 heterocycles. The van der Waals surface area contributed by atoms with Crippen LogP contribution in [0.2, 0.25) is 0 Å². The van der Waals surface area contributed by atoms with Crippen molar-refractivity contribution in [2.45, 2.75) is 12.5 Å². The Morgan fingerprint density at radius 3 is 2.33 bits per heavy atom. The predicted octanol–water partition coefficient (Wildman–Crippen LogP) is 5.38. The van der Waals surface area contributed by atoms with E-state index >= 15 is 0 Å². The molecule has 0 aliphatic heterocycles. The lowest BCUT2D eigenvalue weighted by molar-refractivity contribution is -0.120. The molecule has 1 unspecified atom stereocenters. The summed E-state index contributed by atoms with van der Waals surface area (Å²) in [6, 6.07) is 26.0. The Bertz CT molecular complexity index is 1050. The maximum absolute atomic E-state index is 12.8. The fourth-order valence-electron chi connectivity index (χ4n) is 3.32. The van der Waals surface area contributed by atoms with Crippen LogP contribution in [0.5, 0.6) is 0 Å². The molecule has 0 radical (unpaired) electrons. The second-order valence-corrected chi connectivity index (χ2v) is 7.41. The van der Waals surface area contributed by atoms with Gasteiger partial charge in [0.15, 0.2) is 0 Å². The standard InChI is InChI=1S/C23H19BrN2O/c24-19-12-10-17(11-13-19)23(16-6-2-1-3-7-16)26-22(27)14-18-15-25-21-9-5-4-8-20(18)21/h1-13,15,23,25H,14H2,(H,26,27). The Kier molecular flexibility index (Phi) is 5.07. The van der Waals surface area contributed by atoms with Gasteiger partial charge in [0.2, 0.25) is 5.91 Å². The van der Waals surface area contributed by atoms with Gasteiger partial charge in [0.25, 0.3) is 0 Å². The summed E-state index contributed by atoms with van der Waals surface area (Å²) in [6.07, 6.45) is 2.26. The van der Waals surface area contributed by atoms with Crippen LogP contribution in [-0.2, 0) is 11.2 Å². The van der Waals surface area contributed by atoms with Crippen molar-refractivity contribution in [3.8, 4) is 0 Å². The van der Waals surface area contributed by atoms with E-state index in [9.17, 15) is 4.79 Å². The van der Waals surface area contributed by atoms with Gasteiger partial charge >= 0.3 is 0 Å². The molecule has 0 aliphatic rings. The third kappa shape index (κ3) is 3.96. The Morgan fingerprint density at radius 2 is 1.56 bits per heavy atom. The number of carbonyl (C=O) groups is 1. The molecular formula is C23H19BrN2O. The average molecular weight is 419 g/mol.